The monoisotopic (exact) mass is 364 g/mol. The zero-order valence-electron chi connectivity index (χ0n) is 15.3. The Balaban J connectivity index is 1.69. The van der Waals surface area contributed by atoms with Crippen molar-refractivity contribution < 1.29 is 9.18 Å². The number of carbonyl (C=O) groups excluding carboxylic acids is 1. The van der Waals surface area contributed by atoms with Gasteiger partial charge in [0.05, 0.1) is 0 Å². The number of pyridine rings is 1. The molecule has 1 aromatic heterocycles. The summed E-state index contributed by atoms with van der Waals surface area (Å²) in [5.74, 6) is -0.309. The molecule has 0 fully saturated rings. The molecule has 1 heterocycles. The number of alkyl halides is 1. The molecule has 4 nitrogen and oxygen atoms in total. The van der Waals surface area contributed by atoms with Gasteiger partial charge in [0.2, 0.25) is 0 Å². The van der Waals surface area contributed by atoms with E-state index in [1.165, 1.54) is 0 Å². The molecule has 0 saturated carbocycles. The highest BCUT2D eigenvalue weighted by Crippen LogP contribution is 2.25. The standard InChI is InChI=1S/C22H21FN2O2/c1-14-12-15(2)25-22(27)19(14)13-24-21(26)18-10-8-17(9-11-18)20(23)16-6-4-3-5-7-16/h3-12,20H,13H2,1-2H3,(H,24,26)(H,25,27)/t20-/m0/s1. The molecular weight excluding hydrogens is 343 g/mol. The van der Waals surface area contributed by atoms with Crippen molar-refractivity contribution >= 4 is 5.91 Å². The van der Waals surface area contributed by atoms with Crippen molar-refractivity contribution in [3.63, 3.8) is 0 Å². The van der Waals surface area contributed by atoms with Gasteiger partial charge in [-0.2, -0.15) is 0 Å². The van der Waals surface area contributed by atoms with Gasteiger partial charge in [0.1, 0.15) is 0 Å². The number of rotatable bonds is 5. The summed E-state index contributed by atoms with van der Waals surface area (Å²) in [5.41, 5.74) is 3.41. The Labute approximate surface area is 157 Å². The topological polar surface area (TPSA) is 62.0 Å². The van der Waals surface area contributed by atoms with Gasteiger partial charge >= 0.3 is 0 Å². The molecule has 2 N–H and O–H groups in total. The quantitative estimate of drug-likeness (QED) is 0.719. The Bertz CT molecular complexity index is 995. The summed E-state index contributed by atoms with van der Waals surface area (Å²) in [5, 5.41) is 2.74. The third kappa shape index (κ3) is 4.31. The number of aromatic amines is 1. The molecule has 0 aliphatic carbocycles. The van der Waals surface area contributed by atoms with Gasteiger partial charge in [-0.05, 0) is 48.7 Å². The maximum absolute atomic E-state index is 14.6. The lowest BCUT2D eigenvalue weighted by Gasteiger charge is -2.11. The molecule has 1 atom stereocenters. The van der Waals surface area contributed by atoms with Crippen LogP contribution in [0, 0.1) is 13.8 Å². The van der Waals surface area contributed by atoms with Crippen molar-refractivity contribution in [2.24, 2.45) is 0 Å². The highest BCUT2D eigenvalue weighted by molar-refractivity contribution is 5.94. The number of H-pyrrole nitrogens is 1. The van der Waals surface area contributed by atoms with Crippen LogP contribution in [0.1, 0.15) is 44.5 Å². The van der Waals surface area contributed by atoms with E-state index in [1.807, 2.05) is 26.0 Å². The Morgan fingerprint density at radius 2 is 1.67 bits per heavy atom. The minimum Gasteiger partial charge on any atom is -0.348 e. The fraction of sp³-hybridized carbons (Fsp3) is 0.182. The predicted molar refractivity (Wildman–Crippen MR) is 104 cm³/mol. The highest BCUT2D eigenvalue weighted by atomic mass is 19.1. The molecule has 0 unspecified atom stereocenters. The average Bonchev–Trinajstić information content (AvgIpc) is 2.67. The van der Waals surface area contributed by atoms with Crippen LogP contribution >= 0.6 is 0 Å². The summed E-state index contributed by atoms with van der Waals surface area (Å²) in [6, 6.07) is 17.1. The van der Waals surface area contributed by atoms with Crippen molar-refractivity contribution in [3.8, 4) is 0 Å². The number of halogens is 1. The lowest BCUT2D eigenvalue weighted by molar-refractivity contribution is 0.0950. The van der Waals surface area contributed by atoms with Crippen LogP contribution in [-0.4, -0.2) is 10.9 Å². The van der Waals surface area contributed by atoms with E-state index in [1.54, 1.807) is 48.5 Å². The molecule has 2 aromatic carbocycles. The summed E-state index contributed by atoms with van der Waals surface area (Å²) < 4.78 is 14.6. The van der Waals surface area contributed by atoms with Crippen LogP contribution in [0.5, 0.6) is 0 Å². The van der Waals surface area contributed by atoms with E-state index in [-0.39, 0.29) is 18.0 Å². The molecule has 0 radical (unpaired) electrons. The second-order valence-electron chi connectivity index (χ2n) is 6.52. The Kier molecular flexibility index (Phi) is 5.50. The zero-order valence-corrected chi connectivity index (χ0v) is 15.3. The normalized spacial score (nSPS) is 11.8. The molecule has 0 bridgehead atoms. The van der Waals surface area contributed by atoms with Gasteiger partial charge in [-0.25, -0.2) is 4.39 Å². The van der Waals surface area contributed by atoms with Gasteiger partial charge in [-0.1, -0.05) is 42.5 Å². The smallest absolute Gasteiger partial charge is 0.253 e. The number of benzene rings is 2. The first-order chi connectivity index (χ1) is 13.0. The van der Waals surface area contributed by atoms with E-state index in [9.17, 15) is 14.0 Å². The SMILES string of the molecule is Cc1cc(C)c(CNC(=O)c2ccc([C@@H](F)c3ccccc3)cc2)c(=O)[nH]1. The van der Waals surface area contributed by atoms with E-state index in [0.29, 0.717) is 22.3 Å². The summed E-state index contributed by atoms with van der Waals surface area (Å²) in [4.78, 5) is 27.1. The fourth-order valence-corrected chi connectivity index (χ4v) is 2.99. The fourth-order valence-electron chi connectivity index (χ4n) is 2.99. The summed E-state index contributed by atoms with van der Waals surface area (Å²) in [7, 11) is 0. The molecule has 138 valence electrons. The summed E-state index contributed by atoms with van der Waals surface area (Å²) in [6.07, 6.45) is -1.24. The van der Waals surface area contributed by atoms with Gasteiger partial charge < -0.3 is 10.3 Å². The number of amides is 1. The number of aryl methyl sites for hydroxylation is 2. The van der Waals surface area contributed by atoms with Crippen molar-refractivity contribution in [2.75, 3.05) is 0 Å². The van der Waals surface area contributed by atoms with E-state index < -0.39 is 6.17 Å². The summed E-state index contributed by atoms with van der Waals surface area (Å²) in [6.45, 7) is 3.78. The molecule has 5 heteroatoms. The number of hydrogen-bond donors (Lipinski definition) is 2. The second kappa shape index (κ2) is 7.99. The molecular formula is C22H21FN2O2. The molecule has 0 aliphatic heterocycles. The molecule has 3 aromatic rings. The minimum atomic E-state index is -1.24. The molecule has 0 aliphatic rings. The van der Waals surface area contributed by atoms with Crippen LogP contribution in [0.4, 0.5) is 4.39 Å². The molecule has 1 amide bonds. The zero-order chi connectivity index (χ0) is 19.4. The first-order valence-corrected chi connectivity index (χ1v) is 8.72. The molecule has 0 saturated heterocycles. The predicted octanol–water partition coefficient (Wildman–Crippen LogP) is 3.98. The number of carbonyl (C=O) groups is 1. The average molecular weight is 364 g/mol. The number of nitrogens with one attached hydrogen (secondary N) is 2. The van der Waals surface area contributed by atoms with Gasteiger partial charge in [-0.3, -0.25) is 9.59 Å². The van der Waals surface area contributed by atoms with E-state index in [0.717, 1.165) is 11.3 Å². The largest absolute Gasteiger partial charge is 0.348 e. The lowest BCUT2D eigenvalue weighted by Crippen LogP contribution is -2.27. The third-order valence-electron chi connectivity index (χ3n) is 4.48. The van der Waals surface area contributed by atoms with Crippen LogP contribution in [0.25, 0.3) is 0 Å². The van der Waals surface area contributed by atoms with Crippen molar-refractivity contribution in [2.45, 2.75) is 26.6 Å². The van der Waals surface area contributed by atoms with Gasteiger partial charge in [-0.15, -0.1) is 0 Å². The summed E-state index contributed by atoms with van der Waals surface area (Å²) >= 11 is 0. The second-order valence-corrected chi connectivity index (χ2v) is 6.52. The van der Waals surface area contributed by atoms with Crippen LogP contribution in [-0.2, 0) is 6.54 Å². The van der Waals surface area contributed by atoms with E-state index in [4.69, 9.17) is 0 Å². The molecule has 0 spiro atoms. The first-order valence-electron chi connectivity index (χ1n) is 8.72. The molecule has 3 rings (SSSR count). The van der Waals surface area contributed by atoms with Gasteiger partial charge in [0.15, 0.2) is 6.17 Å². The number of aromatic nitrogens is 1. The Morgan fingerprint density at radius 1 is 1.04 bits per heavy atom. The lowest BCUT2D eigenvalue weighted by atomic mass is 10.0. The Morgan fingerprint density at radius 3 is 2.30 bits per heavy atom. The van der Waals surface area contributed by atoms with Crippen LogP contribution < -0.4 is 10.9 Å². The van der Waals surface area contributed by atoms with Gasteiger partial charge in [0.25, 0.3) is 11.5 Å². The van der Waals surface area contributed by atoms with Crippen LogP contribution in [0.3, 0.4) is 0 Å². The molecule has 27 heavy (non-hydrogen) atoms. The maximum Gasteiger partial charge on any atom is 0.253 e. The van der Waals surface area contributed by atoms with Crippen molar-refractivity contribution in [1.82, 2.24) is 10.3 Å². The van der Waals surface area contributed by atoms with Crippen molar-refractivity contribution in [1.29, 1.82) is 0 Å². The Hall–Kier alpha value is -3.21. The van der Waals surface area contributed by atoms with E-state index in [2.05, 4.69) is 10.3 Å². The maximum atomic E-state index is 14.6. The minimum absolute atomic E-state index is 0.137. The first kappa shape index (κ1) is 18.6. The highest BCUT2D eigenvalue weighted by Gasteiger charge is 2.14. The van der Waals surface area contributed by atoms with Crippen LogP contribution in [0.2, 0.25) is 0 Å². The van der Waals surface area contributed by atoms with E-state index >= 15 is 0 Å². The van der Waals surface area contributed by atoms with Gasteiger partial charge in [0, 0.05) is 23.4 Å². The number of hydrogen-bond acceptors (Lipinski definition) is 2. The van der Waals surface area contributed by atoms with Crippen LogP contribution in [0.15, 0.2) is 65.5 Å². The third-order valence-corrected chi connectivity index (χ3v) is 4.48. The van der Waals surface area contributed by atoms with Crippen molar-refractivity contribution in [3.05, 3.63) is 105 Å².